The number of fused-ring (bicyclic) bond motifs is 1. The maximum Gasteiger partial charge on any atom is 0.252 e. The molecule has 1 amide bonds. The van der Waals surface area contributed by atoms with Crippen LogP contribution in [0, 0.1) is 0 Å². The molecule has 9 heteroatoms. The lowest BCUT2D eigenvalue weighted by atomic mass is 10.1. The largest absolute Gasteiger partial charge is 0.351 e. The van der Waals surface area contributed by atoms with Crippen molar-refractivity contribution in [2.24, 2.45) is 0 Å². The maximum absolute atomic E-state index is 13.4. The van der Waals surface area contributed by atoms with E-state index in [2.05, 4.69) is 29.0 Å². The lowest BCUT2D eigenvalue weighted by Crippen LogP contribution is -2.41. The number of carbonyl (C=O) groups excluding carboxylic acids is 1. The van der Waals surface area contributed by atoms with Crippen LogP contribution in [0.25, 0.3) is 10.9 Å². The lowest BCUT2D eigenvalue weighted by Gasteiger charge is -2.32. The molecular formula is C26H40N4O4S. The van der Waals surface area contributed by atoms with E-state index in [-0.39, 0.29) is 22.4 Å². The summed E-state index contributed by atoms with van der Waals surface area (Å²) in [5.41, 5.74) is 0.248. The molecule has 3 rings (SSSR count). The van der Waals surface area contributed by atoms with Gasteiger partial charge in [0.2, 0.25) is 15.6 Å². The van der Waals surface area contributed by atoms with Crippen LogP contribution < -0.4 is 10.9 Å². The second kappa shape index (κ2) is 12.6. The number of nitrogens with zero attached hydrogens (tertiary/aromatic N) is 2. The molecule has 8 nitrogen and oxygen atoms in total. The molecule has 1 aliphatic heterocycles. The molecule has 2 N–H and O–H groups in total. The molecule has 0 spiro atoms. The van der Waals surface area contributed by atoms with Crippen molar-refractivity contribution in [3.63, 3.8) is 0 Å². The van der Waals surface area contributed by atoms with Gasteiger partial charge < -0.3 is 15.2 Å². The van der Waals surface area contributed by atoms with E-state index in [9.17, 15) is 18.0 Å². The van der Waals surface area contributed by atoms with Gasteiger partial charge in [0.25, 0.3) is 5.91 Å². The predicted octanol–water partition coefficient (Wildman–Crippen LogP) is 3.72. The van der Waals surface area contributed by atoms with Crippen molar-refractivity contribution in [2.45, 2.75) is 76.7 Å². The minimum atomic E-state index is -3.70. The molecule has 1 aliphatic rings. The Labute approximate surface area is 209 Å². The van der Waals surface area contributed by atoms with Gasteiger partial charge in [-0.15, -0.1) is 0 Å². The van der Waals surface area contributed by atoms with E-state index in [4.69, 9.17) is 0 Å². The summed E-state index contributed by atoms with van der Waals surface area (Å²) in [5, 5.41) is 3.37. The van der Waals surface area contributed by atoms with Crippen molar-refractivity contribution in [1.29, 1.82) is 0 Å². The molecule has 0 radical (unpaired) electrons. The van der Waals surface area contributed by atoms with Crippen molar-refractivity contribution in [2.75, 3.05) is 32.7 Å². The molecule has 1 saturated heterocycles. The SMILES string of the molecule is CCCCN(CCCC)CCNC(=O)c1cc(=O)[nH]c2ccc(S(=O)(=O)N3CCCC[C@H]3C)cc12. The van der Waals surface area contributed by atoms with E-state index in [1.54, 1.807) is 10.4 Å². The third kappa shape index (κ3) is 6.92. The van der Waals surface area contributed by atoms with Crippen molar-refractivity contribution in [3.8, 4) is 0 Å². The number of rotatable bonds is 12. The summed E-state index contributed by atoms with van der Waals surface area (Å²) in [6.45, 7) is 9.94. The van der Waals surface area contributed by atoms with E-state index in [0.717, 1.165) is 64.6 Å². The number of aromatic amines is 1. The van der Waals surface area contributed by atoms with Crippen LogP contribution in [0.15, 0.2) is 34.0 Å². The maximum atomic E-state index is 13.4. The number of H-pyrrole nitrogens is 1. The number of hydrogen-bond donors (Lipinski definition) is 2. The van der Waals surface area contributed by atoms with Crippen molar-refractivity contribution in [1.82, 2.24) is 19.5 Å². The van der Waals surface area contributed by atoms with Gasteiger partial charge in [0.05, 0.1) is 10.5 Å². The summed E-state index contributed by atoms with van der Waals surface area (Å²) < 4.78 is 28.3. The highest BCUT2D eigenvalue weighted by Crippen LogP contribution is 2.27. The number of benzene rings is 1. The minimum absolute atomic E-state index is 0.0637. The van der Waals surface area contributed by atoms with Crippen LogP contribution in [-0.2, 0) is 10.0 Å². The first kappa shape index (κ1) is 27.4. The number of pyridine rings is 1. The molecule has 1 fully saturated rings. The molecule has 0 saturated carbocycles. The molecule has 2 heterocycles. The summed E-state index contributed by atoms with van der Waals surface area (Å²) in [5.74, 6) is -0.368. The first-order valence-electron chi connectivity index (χ1n) is 13.0. The fourth-order valence-electron chi connectivity index (χ4n) is 4.67. The summed E-state index contributed by atoms with van der Waals surface area (Å²) in [6, 6.07) is 5.79. The minimum Gasteiger partial charge on any atom is -0.351 e. The van der Waals surface area contributed by atoms with Crippen molar-refractivity contribution >= 4 is 26.8 Å². The smallest absolute Gasteiger partial charge is 0.252 e. The second-order valence-corrected chi connectivity index (χ2v) is 11.4. The van der Waals surface area contributed by atoms with E-state index < -0.39 is 15.6 Å². The highest BCUT2D eigenvalue weighted by atomic mass is 32.2. The van der Waals surface area contributed by atoms with Crippen molar-refractivity contribution < 1.29 is 13.2 Å². The molecule has 35 heavy (non-hydrogen) atoms. The fourth-order valence-corrected chi connectivity index (χ4v) is 6.39. The van der Waals surface area contributed by atoms with Crippen LogP contribution in [0.2, 0.25) is 0 Å². The van der Waals surface area contributed by atoms with Crippen LogP contribution >= 0.6 is 0 Å². The highest BCUT2D eigenvalue weighted by molar-refractivity contribution is 7.89. The van der Waals surface area contributed by atoms with Gasteiger partial charge in [-0.05, 0) is 63.9 Å². The monoisotopic (exact) mass is 504 g/mol. The first-order valence-corrected chi connectivity index (χ1v) is 14.4. The Morgan fingerprint density at radius 2 is 1.83 bits per heavy atom. The van der Waals surface area contributed by atoms with Gasteiger partial charge in [-0.1, -0.05) is 33.1 Å². The van der Waals surface area contributed by atoms with E-state index in [1.807, 2.05) is 6.92 Å². The normalized spacial score (nSPS) is 17.2. The zero-order valence-corrected chi connectivity index (χ0v) is 22.1. The molecular weight excluding hydrogens is 464 g/mol. The highest BCUT2D eigenvalue weighted by Gasteiger charge is 2.31. The zero-order chi connectivity index (χ0) is 25.4. The van der Waals surface area contributed by atoms with Gasteiger partial charge in [0.15, 0.2) is 0 Å². The fraction of sp³-hybridized carbons (Fsp3) is 0.615. The first-order chi connectivity index (χ1) is 16.8. The molecule has 0 aliphatic carbocycles. The molecule has 0 unspecified atom stereocenters. The van der Waals surface area contributed by atoms with Gasteiger partial charge in [0, 0.05) is 42.6 Å². The van der Waals surface area contributed by atoms with Crippen LogP contribution in [0.4, 0.5) is 0 Å². The summed E-state index contributed by atoms with van der Waals surface area (Å²) >= 11 is 0. The quantitative estimate of drug-likeness (QED) is 0.459. The van der Waals surface area contributed by atoms with Gasteiger partial charge in [-0.2, -0.15) is 4.31 Å². The predicted molar refractivity (Wildman–Crippen MR) is 140 cm³/mol. The average molecular weight is 505 g/mol. The van der Waals surface area contributed by atoms with E-state index in [0.29, 0.717) is 24.0 Å². The molecule has 194 valence electrons. The number of aromatic nitrogens is 1. The van der Waals surface area contributed by atoms with Gasteiger partial charge in [-0.25, -0.2) is 8.42 Å². The van der Waals surface area contributed by atoms with Crippen LogP contribution in [0.5, 0.6) is 0 Å². The van der Waals surface area contributed by atoms with Gasteiger partial charge >= 0.3 is 0 Å². The Balaban J connectivity index is 1.82. The molecule has 2 aromatic rings. The topological polar surface area (TPSA) is 103 Å². The number of hydrogen-bond acceptors (Lipinski definition) is 5. The number of sulfonamides is 1. The number of amides is 1. The molecule has 1 atom stereocenters. The zero-order valence-electron chi connectivity index (χ0n) is 21.3. The van der Waals surface area contributed by atoms with E-state index in [1.165, 1.54) is 18.2 Å². The Morgan fingerprint density at radius 3 is 2.49 bits per heavy atom. The number of unbranched alkanes of at least 4 members (excludes halogenated alkanes) is 2. The second-order valence-electron chi connectivity index (χ2n) is 9.52. The Morgan fingerprint density at radius 1 is 1.11 bits per heavy atom. The Bertz CT molecular complexity index is 1150. The van der Waals surface area contributed by atoms with Crippen LogP contribution in [0.1, 0.15) is 76.1 Å². The number of piperidine rings is 1. The number of nitrogens with one attached hydrogen (secondary N) is 2. The summed E-state index contributed by atoms with van der Waals surface area (Å²) in [7, 11) is -3.70. The van der Waals surface area contributed by atoms with Crippen LogP contribution in [0.3, 0.4) is 0 Å². The standard InChI is InChI=1S/C26H40N4O4S/c1-4-6-14-29(15-7-5-2)17-13-27-26(32)23-19-25(31)28-24-12-11-21(18-22(23)24)35(33,34)30-16-9-8-10-20(30)3/h11-12,18-20H,4-10,13-17H2,1-3H3,(H,27,32)(H,28,31)/t20-/m1/s1. The Kier molecular flexibility index (Phi) is 9.89. The van der Waals surface area contributed by atoms with Crippen LogP contribution in [-0.4, -0.2) is 67.3 Å². The molecule has 0 bridgehead atoms. The summed E-state index contributed by atoms with van der Waals surface area (Å²) in [6.07, 6.45) is 7.16. The Hall–Kier alpha value is -2.23. The number of carbonyl (C=O) groups is 1. The van der Waals surface area contributed by atoms with Crippen molar-refractivity contribution in [3.05, 3.63) is 40.2 Å². The van der Waals surface area contributed by atoms with Gasteiger partial charge in [0.1, 0.15) is 0 Å². The molecule has 1 aromatic carbocycles. The van der Waals surface area contributed by atoms with E-state index >= 15 is 0 Å². The third-order valence-electron chi connectivity index (χ3n) is 6.78. The molecule has 1 aromatic heterocycles. The third-order valence-corrected chi connectivity index (χ3v) is 8.79. The van der Waals surface area contributed by atoms with Gasteiger partial charge in [-0.3, -0.25) is 9.59 Å². The average Bonchev–Trinajstić information content (AvgIpc) is 2.84. The lowest BCUT2D eigenvalue weighted by molar-refractivity contribution is 0.0949. The summed E-state index contributed by atoms with van der Waals surface area (Å²) in [4.78, 5) is 30.5.